The normalized spacial score (nSPS) is 11.5. The van der Waals surface area contributed by atoms with Crippen molar-refractivity contribution in [3.63, 3.8) is 0 Å². The molecular weight excluding hydrogens is 1100 g/mol. The molecule has 0 amide bonds. The van der Waals surface area contributed by atoms with Crippen LogP contribution in [0.4, 0.5) is 0 Å². The molecule has 11 radical (unpaired) electrons. The topological polar surface area (TPSA) is 358 Å². The summed E-state index contributed by atoms with van der Waals surface area (Å²) >= 11 is 0. The monoisotopic (exact) mass is 1140 g/mol. The zero-order chi connectivity index (χ0) is 31.8. The smallest absolute Gasteiger partial charge is 0.324 e. The van der Waals surface area contributed by atoms with Crippen molar-refractivity contribution >= 4 is 611 Å². The van der Waals surface area contributed by atoms with Crippen LogP contribution in [0.3, 0.4) is 0 Å². The molecule has 0 unspecified atom stereocenters. The molecule has 253 valence electrons. The van der Waals surface area contributed by atoms with Gasteiger partial charge < -0.3 is 58.7 Å². The SMILES string of the molecule is O=P(O)(O)CN(CCN(CCN(CP(=O)(O)O)CP(=O)(O)O)CP(=O)(O)O)CCN(CP(=O)(O)O)CP(=O)(O)O.[K].[K].[K].[K].[K].[K].[K].[K].[K].[K].[K]. The Morgan fingerprint density at radius 2 is 0.333 bits per heavy atom. The van der Waals surface area contributed by atoms with Crippen molar-refractivity contribution < 1.29 is 86.1 Å². The standard InChI is InChI=1S/C12H36N4O18P6.11K/c17-35(18,19)7-13(3-5-15(9-37(23,24)25)10-38(26,27)28)1-2-14(8-36(20,21)22)4-6-16(11-39(29,30)31)12-40(32,33)34;;;;;;;;;;;/h1-12H2,(H2,17,18,19)(H2,20,21,22)(H2,23,24,25)(H2,26,27,28)(H2,29,30,31)(H2,32,33,34);;;;;;;;;;;. The van der Waals surface area contributed by atoms with Crippen molar-refractivity contribution in [3.8, 4) is 0 Å². The number of rotatable bonds is 21. The summed E-state index contributed by atoms with van der Waals surface area (Å²) in [5, 5.41) is 0. The molecule has 0 spiro atoms. The molecule has 0 atom stereocenters. The van der Waals surface area contributed by atoms with Crippen molar-refractivity contribution in [1.82, 2.24) is 19.6 Å². The Bertz CT molecular complexity index is 980. The van der Waals surface area contributed by atoms with Crippen LogP contribution in [-0.4, -0.2) is 721 Å². The second kappa shape index (κ2) is 50.9. The minimum absolute atomic E-state index is 0. The first kappa shape index (κ1) is 98.8. The number of hydrogen-bond donors (Lipinski definition) is 12. The summed E-state index contributed by atoms with van der Waals surface area (Å²) in [4.78, 5) is 114. The fourth-order valence-electron chi connectivity index (χ4n) is 3.29. The van der Waals surface area contributed by atoms with Gasteiger partial charge in [0.05, 0.1) is 0 Å². The van der Waals surface area contributed by atoms with Crippen LogP contribution in [0.2, 0.25) is 0 Å². The van der Waals surface area contributed by atoms with Crippen molar-refractivity contribution in [2.75, 3.05) is 77.0 Å². The fraction of sp³-hybridized carbons (Fsp3) is 1.00. The zero-order valence-electron chi connectivity index (χ0n) is 31.8. The molecular formula is C12H36K11N4O18P6. The van der Waals surface area contributed by atoms with Gasteiger partial charge >= 0.3 is 45.6 Å². The van der Waals surface area contributed by atoms with Crippen LogP contribution in [0.25, 0.3) is 0 Å². The van der Waals surface area contributed by atoms with E-state index in [1.807, 2.05) is 0 Å². The first-order chi connectivity index (χ1) is 17.5. The van der Waals surface area contributed by atoms with Gasteiger partial charge in [0.15, 0.2) is 0 Å². The molecule has 0 saturated heterocycles. The van der Waals surface area contributed by atoms with Gasteiger partial charge in [-0.1, -0.05) is 0 Å². The Hall–Kier alpha value is 18.7. The zero-order valence-corrected chi connectivity index (χ0v) is 71.5. The molecule has 0 heterocycles. The predicted molar refractivity (Wildman–Crippen MR) is 201 cm³/mol. The van der Waals surface area contributed by atoms with E-state index >= 15 is 0 Å². The van der Waals surface area contributed by atoms with Gasteiger partial charge in [-0.25, -0.2) is 0 Å². The maximum atomic E-state index is 11.6. The van der Waals surface area contributed by atoms with Gasteiger partial charge in [0.25, 0.3) is 0 Å². The Morgan fingerprint density at radius 1 is 0.235 bits per heavy atom. The number of hydrogen-bond acceptors (Lipinski definition) is 10. The first-order valence-electron chi connectivity index (χ1n) is 10.7. The molecule has 0 aliphatic rings. The van der Waals surface area contributed by atoms with Gasteiger partial charge in [-0.15, -0.1) is 0 Å². The largest absolute Gasteiger partial charge is 0.339 e. The van der Waals surface area contributed by atoms with E-state index in [9.17, 15) is 47.0 Å². The molecule has 0 aromatic rings. The summed E-state index contributed by atoms with van der Waals surface area (Å²) in [6.45, 7) is -2.65. The molecule has 0 rings (SSSR count). The van der Waals surface area contributed by atoms with Crippen LogP contribution in [0.15, 0.2) is 0 Å². The molecule has 39 heteroatoms. The molecule has 0 bridgehead atoms. The van der Waals surface area contributed by atoms with E-state index in [1.54, 1.807) is 0 Å². The first-order valence-corrected chi connectivity index (χ1v) is 21.5. The van der Waals surface area contributed by atoms with E-state index in [0.717, 1.165) is 9.80 Å². The Labute approximate surface area is 766 Å². The van der Waals surface area contributed by atoms with Gasteiger partial charge in [0.1, 0.15) is 37.7 Å². The molecule has 0 aliphatic carbocycles. The third kappa shape index (κ3) is 75.4. The Balaban J connectivity index is -0.000000138. The molecule has 12 N–H and O–H groups in total. The molecule has 0 saturated carbocycles. The second-order valence-electron chi connectivity index (χ2n) is 8.86. The van der Waals surface area contributed by atoms with E-state index in [4.69, 9.17) is 39.1 Å². The molecule has 0 aromatic heterocycles. The fourth-order valence-corrected chi connectivity index (χ4v) is 8.26. The van der Waals surface area contributed by atoms with Gasteiger partial charge in [-0.2, -0.15) is 0 Å². The van der Waals surface area contributed by atoms with E-state index < -0.39 is 109 Å². The molecule has 0 fully saturated rings. The molecule has 0 aliphatic heterocycles. The number of nitrogens with zero attached hydrogens (tertiary/aromatic N) is 4. The minimum Gasteiger partial charge on any atom is -0.324 e. The maximum Gasteiger partial charge on any atom is 0.339 e. The average Bonchev–Trinajstić information content (AvgIpc) is 2.60. The molecule has 0 aromatic carbocycles. The predicted octanol–water partition coefficient (Wildman–Crippen LogP) is -7.18. The van der Waals surface area contributed by atoms with E-state index in [-0.39, 0.29) is 578 Å². The Morgan fingerprint density at radius 3 is 0.451 bits per heavy atom. The van der Waals surface area contributed by atoms with Crippen molar-refractivity contribution in [2.45, 2.75) is 0 Å². The summed E-state index contributed by atoms with van der Waals surface area (Å²) in [6.07, 6.45) is -6.33. The van der Waals surface area contributed by atoms with E-state index in [1.165, 1.54) is 0 Å². The van der Waals surface area contributed by atoms with Crippen molar-refractivity contribution in [3.05, 3.63) is 0 Å². The second-order valence-corrected chi connectivity index (χ2v) is 18.5. The van der Waals surface area contributed by atoms with E-state index in [0.29, 0.717) is 9.80 Å². The Kier molecular flexibility index (Phi) is 98.6. The summed E-state index contributed by atoms with van der Waals surface area (Å²) in [5.74, 6) is 0. The van der Waals surface area contributed by atoms with Crippen LogP contribution >= 0.6 is 45.6 Å². The summed E-state index contributed by atoms with van der Waals surface area (Å²) < 4.78 is 68.5. The third-order valence-corrected chi connectivity index (χ3v) is 9.11. The van der Waals surface area contributed by atoms with Crippen LogP contribution in [0, 0.1) is 0 Å². The molecule has 51 heavy (non-hydrogen) atoms. The third-order valence-electron chi connectivity index (χ3n) is 4.50. The van der Waals surface area contributed by atoms with Crippen molar-refractivity contribution in [1.29, 1.82) is 0 Å². The van der Waals surface area contributed by atoms with Gasteiger partial charge in [0.2, 0.25) is 0 Å². The van der Waals surface area contributed by atoms with E-state index in [2.05, 4.69) is 0 Å². The summed E-state index contributed by atoms with van der Waals surface area (Å²) in [5.41, 5.74) is 0. The van der Waals surface area contributed by atoms with Gasteiger partial charge in [-0.3, -0.25) is 47.0 Å². The molecule has 22 nitrogen and oxygen atoms in total. The summed E-state index contributed by atoms with van der Waals surface area (Å²) in [7, 11) is -28.8. The van der Waals surface area contributed by atoms with Crippen LogP contribution in [-0.2, 0) is 27.4 Å². The summed E-state index contributed by atoms with van der Waals surface area (Å²) in [6, 6.07) is 0. The van der Waals surface area contributed by atoms with Crippen LogP contribution in [0.5, 0.6) is 0 Å². The van der Waals surface area contributed by atoms with Crippen LogP contribution < -0.4 is 0 Å². The van der Waals surface area contributed by atoms with Gasteiger partial charge in [-0.05, 0) is 0 Å². The van der Waals surface area contributed by atoms with Crippen molar-refractivity contribution in [2.24, 2.45) is 0 Å². The average molecular weight is 1140 g/mol. The minimum atomic E-state index is -4.81. The van der Waals surface area contributed by atoms with Crippen LogP contribution in [0.1, 0.15) is 0 Å². The van der Waals surface area contributed by atoms with Gasteiger partial charge in [0, 0.05) is 604 Å². The maximum absolute atomic E-state index is 11.6. The quantitative estimate of drug-likeness (QED) is 0.0375.